The van der Waals surface area contributed by atoms with E-state index in [0.717, 1.165) is 17.5 Å². The number of nitrogens with one attached hydrogen (secondary N) is 1. The van der Waals surface area contributed by atoms with Gasteiger partial charge in [-0.3, -0.25) is 4.79 Å². The van der Waals surface area contributed by atoms with Crippen molar-refractivity contribution in [1.29, 1.82) is 0 Å². The van der Waals surface area contributed by atoms with Crippen LogP contribution in [0.15, 0.2) is 48.5 Å². The van der Waals surface area contributed by atoms with Crippen molar-refractivity contribution in [3.05, 3.63) is 59.7 Å². The average molecular weight is 463 g/mol. The van der Waals surface area contributed by atoms with Crippen molar-refractivity contribution in [1.82, 2.24) is 10.2 Å². The molecule has 0 spiro atoms. The summed E-state index contributed by atoms with van der Waals surface area (Å²) < 4.78 is 5.67. The topological polar surface area (TPSA) is 95.9 Å². The lowest BCUT2D eigenvalue weighted by molar-refractivity contribution is -0.157. The van der Waals surface area contributed by atoms with Crippen LogP contribution < -0.4 is 5.32 Å². The van der Waals surface area contributed by atoms with E-state index in [4.69, 9.17) is 4.74 Å². The number of carboxylic acid groups (broad SMARTS) is 1. The van der Waals surface area contributed by atoms with Gasteiger partial charge in [-0.15, -0.1) is 0 Å². The van der Waals surface area contributed by atoms with Gasteiger partial charge in [0, 0.05) is 18.5 Å². The number of aliphatic carboxylic acids is 1. The first kappa shape index (κ1) is 22.4. The highest BCUT2D eigenvalue weighted by molar-refractivity contribution is 5.89. The normalized spacial score (nSPS) is 25.6. The number of fused-ring (bicyclic) bond motifs is 3. The highest BCUT2D eigenvalue weighted by atomic mass is 16.5. The number of alkyl carbamates (subject to hydrolysis) is 1. The molecule has 2 fully saturated rings. The molecule has 2 aliphatic carbocycles. The van der Waals surface area contributed by atoms with Gasteiger partial charge in [0.15, 0.2) is 0 Å². The van der Waals surface area contributed by atoms with Gasteiger partial charge in [-0.05, 0) is 54.9 Å². The van der Waals surface area contributed by atoms with Gasteiger partial charge in [0.2, 0.25) is 5.91 Å². The molecule has 2 aromatic carbocycles. The zero-order chi connectivity index (χ0) is 23.9. The fourth-order valence-electron chi connectivity index (χ4n) is 5.96. The molecule has 1 saturated carbocycles. The van der Waals surface area contributed by atoms with Crippen LogP contribution in [0, 0.1) is 5.92 Å². The van der Waals surface area contributed by atoms with Crippen LogP contribution in [0.5, 0.6) is 0 Å². The molecule has 0 bridgehead atoms. The summed E-state index contributed by atoms with van der Waals surface area (Å²) in [5, 5.41) is 12.6. The first-order valence-electron chi connectivity index (χ1n) is 12.1. The van der Waals surface area contributed by atoms with E-state index in [1.54, 1.807) is 6.92 Å². The Balaban J connectivity index is 1.24. The number of hydrogen-bond acceptors (Lipinski definition) is 4. The molecule has 1 aliphatic heterocycles. The van der Waals surface area contributed by atoms with Gasteiger partial charge in [-0.1, -0.05) is 55.0 Å². The van der Waals surface area contributed by atoms with Crippen LogP contribution in [-0.2, 0) is 14.3 Å². The number of nitrogens with zero attached hydrogens (tertiary/aromatic N) is 1. The molecule has 1 saturated heterocycles. The first-order valence-corrected chi connectivity index (χ1v) is 12.1. The minimum Gasteiger partial charge on any atom is -0.480 e. The zero-order valence-corrected chi connectivity index (χ0v) is 19.3. The Kier molecular flexibility index (Phi) is 5.80. The summed E-state index contributed by atoms with van der Waals surface area (Å²) in [6, 6.07) is 16.0. The monoisotopic (exact) mass is 462 g/mol. The van der Waals surface area contributed by atoms with Crippen LogP contribution in [0.3, 0.4) is 0 Å². The van der Waals surface area contributed by atoms with E-state index in [1.807, 2.05) is 24.3 Å². The molecular formula is C27H30N2O5. The Morgan fingerprint density at radius 1 is 1.03 bits per heavy atom. The molecule has 1 heterocycles. The number of ether oxygens (including phenoxy) is 1. The average Bonchev–Trinajstić information content (AvgIpc) is 3.54. The molecule has 2 aromatic rings. The Labute approximate surface area is 199 Å². The minimum absolute atomic E-state index is 0.0277. The predicted molar refractivity (Wildman–Crippen MR) is 126 cm³/mol. The van der Waals surface area contributed by atoms with E-state index in [2.05, 4.69) is 29.6 Å². The summed E-state index contributed by atoms with van der Waals surface area (Å²) in [5.74, 6) is -1.60. The van der Waals surface area contributed by atoms with Crippen molar-refractivity contribution >= 4 is 18.0 Å². The van der Waals surface area contributed by atoms with Crippen molar-refractivity contribution in [2.75, 3.05) is 13.2 Å². The summed E-state index contributed by atoms with van der Waals surface area (Å²) in [7, 11) is 0. The molecule has 34 heavy (non-hydrogen) atoms. The van der Waals surface area contributed by atoms with Crippen LogP contribution in [-0.4, -0.2) is 52.7 Å². The van der Waals surface area contributed by atoms with Crippen molar-refractivity contribution in [2.45, 2.75) is 56.5 Å². The van der Waals surface area contributed by atoms with Crippen LogP contribution in [0.2, 0.25) is 0 Å². The van der Waals surface area contributed by atoms with E-state index >= 15 is 0 Å². The van der Waals surface area contributed by atoms with E-state index in [1.165, 1.54) is 16.0 Å². The second-order valence-corrected chi connectivity index (χ2v) is 9.79. The third-order valence-corrected chi connectivity index (χ3v) is 7.85. The third kappa shape index (κ3) is 3.73. The summed E-state index contributed by atoms with van der Waals surface area (Å²) in [6.07, 6.45) is 2.71. The predicted octanol–water partition coefficient (Wildman–Crippen LogP) is 4.16. The molecule has 3 atom stereocenters. The van der Waals surface area contributed by atoms with Crippen molar-refractivity contribution < 1.29 is 24.2 Å². The Hall–Kier alpha value is -3.35. The van der Waals surface area contributed by atoms with E-state index in [-0.39, 0.29) is 24.5 Å². The second-order valence-electron chi connectivity index (χ2n) is 9.79. The van der Waals surface area contributed by atoms with Gasteiger partial charge in [0.25, 0.3) is 0 Å². The Morgan fingerprint density at radius 3 is 2.32 bits per heavy atom. The zero-order valence-electron chi connectivity index (χ0n) is 19.3. The van der Waals surface area contributed by atoms with Crippen LogP contribution in [0.1, 0.15) is 56.1 Å². The van der Waals surface area contributed by atoms with Crippen molar-refractivity contribution in [2.24, 2.45) is 5.92 Å². The fraction of sp³-hybridized carbons (Fsp3) is 0.444. The first-order chi connectivity index (χ1) is 16.4. The fourth-order valence-corrected chi connectivity index (χ4v) is 5.96. The van der Waals surface area contributed by atoms with E-state index in [9.17, 15) is 19.5 Å². The van der Waals surface area contributed by atoms with Gasteiger partial charge < -0.3 is 20.1 Å². The lowest BCUT2D eigenvalue weighted by Crippen LogP contribution is -2.54. The number of benzene rings is 2. The number of likely N-dealkylation sites (tertiary alicyclic amines) is 1. The largest absolute Gasteiger partial charge is 0.480 e. The van der Waals surface area contributed by atoms with Crippen molar-refractivity contribution in [3.63, 3.8) is 0 Å². The third-order valence-electron chi connectivity index (χ3n) is 7.85. The van der Waals surface area contributed by atoms with Gasteiger partial charge in [-0.2, -0.15) is 0 Å². The number of carbonyl (C=O) groups excluding carboxylic acids is 2. The van der Waals surface area contributed by atoms with E-state index < -0.39 is 23.5 Å². The summed E-state index contributed by atoms with van der Waals surface area (Å²) in [4.78, 5) is 39.3. The lowest BCUT2D eigenvalue weighted by Gasteiger charge is -2.34. The van der Waals surface area contributed by atoms with Gasteiger partial charge in [0.1, 0.15) is 12.1 Å². The molecule has 0 radical (unpaired) electrons. The summed E-state index contributed by atoms with van der Waals surface area (Å²) in [5.41, 5.74) is 3.45. The Morgan fingerprint density at radius 2 is 1.68 bits per heavy atom. The van der Waals surface area contributed by atoms with Gasteiger partial charge in [-0.25, -0.2) is 9.59 Å². The highest BCUT2D eigenvalue weighted by Gasteiger charge is 2.49. The number of hydrogen-bond donors (Lipinski definition) is 2. The minimum atomic E-state index is -1.17. The molecular weight excluding hydrogens is 432 g/mol. The number of carbonyl (C=O) groups is 3. The highest BCUT2D eigenvalue weighted by Crippen LogP contribution is 2.44. The molecule has 0 unspecified atom stereocenters. The molecule has 0 aromatic heterocycles. The summed E-state index contributed by atoms with van der Waals surface area (Å²) >= 11 is 0. The number of rotatable bonds is 5. The Bertz CT molecular complexity index is 1090. The molecule has 3 aliphatic rings. The summed E-state index contributed by atoms with van der Waals surface area (Å²) in [6.45, 7) is 2.27. The molecule has 2 amide bonds. The maximum atomic E-state index is 13.3. The van der Waals surface area contributed by atoms with Crippen molar-refractivity contribution in [3.8, 4) is 11.1 Å². The van der Waals surface area contributed by atoms with Crippen LogP contribution >= 0.6 is 0 Å². The van der Waals surface area contributed by atoms with E-state index in [0.29, 0.717) is 32.2 Å². The molecule has 2 N–H and O–H groups in total. The molecule has 7 nitrogen and oxygen atoms in total. The van der Waals surface area contributed by atoms with Gasteiger partial charge >= 0.3 is 12.1 Å². The SMILES string of the molecule is C[C@@]1(C(=O)O)CCCN1C(=O)[C@H]1CCC[C@H]1NC(=O)OCC1c2ccccc2-c2ccccc21. The molecule has 178 valence electrons. The lowest BCUT2D eigenvalue weighted by atomic mass is 9.95. The quantitative estimate of drug-likeness (QED) is 0.696. The maximum Gasteiger partial charge on any atom is 0.407 e. The van der Waals surface area contributed by atoms with Crippen LogP contribution in [0.4, 0.5) is 4.79 Å². The molecule has 7 heteroatoms. The maximum absolute atomic E-state index is 13.3. The van der Waals surface area contributed by atoms with Gasteiger partial charge in [0.05, 0.1) is 5.92 Å². The molecule has 5 rings (SSSR count). The number of amides is 2. The standard InChI is InChI=1S/C27H30N2O5/c1-27(25(31)32)14-7-15-29(27)24(30)21-12-6-13-23(21)28-26(33)34-16-22-19-10-4-2-8-17(19)18-9-3-5-11-20(18)22/h2-5,8-11,21-23H,6-7,12-16H2,1H3,(H,28,33)(H,31,32)/t21-,23+,27-/m0/s1. The smallest absolute Gasteiger partial charge is 0.407 e. The van der Waals surface area contributed by atoms with Crippen LogP contribution in [0.25, 0.3) is 11.1 Å². The number of carboxylic acids is 1. The second kappa shape index (κ2) is 8.78.